The van der Waals surface area contributed by atoms with Gasteiger partial charge in [-0.25, -0.2) is 0 Å². The molecular formula is C15H17BrN4O. The summed E-state index contributed by atoms with van der Waals surface area (Å²) < 4.78 is 2.84. The number of benzene rings is 1. The third-order valence-electron chi connectivity index (χ3n) is 3.86. The second kappa shape index (κ2) is 5.18. The van der Waals surface area contributed by atoms with E-state index < -0.39 is 0 Å². The molecule has 1 aliphatic rings. The van der Waals surface area contributed by atoms with E-state index in [1.165, 1.54) is 0 Å². The van der Waals surface area contributed by atoms with E-state index in [9.17, 15) is 4.79 Å². The van der Waals surface area contributed by atoms with Gasteiger partial charge < -0.3 is 10.6 Å². The lowest BCUT2D eigenvalue weighted by molar-refractivity contribution is 0.0762. The largest absolute Gasteiger partial charge is 0.399 e. The molecule has 2 heterocycles. The molecule has 3 rings (SSSR count). The van der Waals surface area contributed by atoms with Gasteiger partial charge in [0.1, 0.15) is 0 Å². The summed E-state index contributed by atoms with van der Waals surface area (Å²) in [6.45, 7) is 3.22. The molecule has 0 bridgehead atoms. The van der Waals surface area contributed by atoms with Crippen molar-refractivity contribution in [1.82, 2.24) is 14.7 Å². The molecule has 1 amide bonds. The molecule has 2 aromatic rings. The van der Waals surface area contributed by atoms with Crippen LogP contribution in [0.25, 0.3) is 0 Å². The first-order valence-electron chi connectivity index (χ1n) is 6.89. The zero-order valence-corrected chi connectivity index (χ0v) is 13.6. The molecule has 5 nitrogen and oxygen atoms in total. The maximum Gasteiger partial charge on any atom is 0.254 e. The Bertz CT molecular complexity index is 723. The molecule has 0 aliphatic carbocycles. The van der Waals surface area contributed by atoms with Crippen LogP contribution in [0.4, 0.5) is 5.69 Å². The Balaban J connectivity index is 1.88. The Labute approximate surface area is 131 Å². The van der Waals surface area contributed by atoms with Gasteiger partial charge in [0.2, 0.25) is 0 Å². The maximum atomic E-state index is 12.5. The van der Waals surface area contributed by atoms with E-state index in [1.807, 2.05) is 28.8 Å². The van der Waals surface area contributed by atoms with Crippen LogP contribution in [0.1, 0.15) is 34.2 Å². The lowest BCUT2D eigenvalue weighted by Gasteiger charge is -2.16. The van der Waals surface area contributed by atoms with Gasteiger partial charge in [-0.1, -0.05) is 13.0 Å². The summed E-state index contributed by atoms with van der Waals surface area (Å²) in [7, 11) is 1.91. The van der Waals surface area contributed by atoms with E-state index in [-0.39, 0.29) is 5.91 Å². The second-order valence-electron chi connectivity index (χ2n) is 5.26. The number of aryl methyl sites for hydroxylation is 2. The van der Waals surface area contributed by atoms with Crippen molar-refractivity contribution in [2.24, 2.45) is 7.05 Å². The Kier molecular flexibility index (Phi) is 3.49. The monoisotopic (exact) mass is 348 g/mol. The first-order chi connectivity index (χ1) is 10.0. The van der Waals surface area contributed by atoms with E-state index in [0.29, 0.717) is 24.3 Å². The Morgan fingerprint density at radius 2 is 2.19 bits per heavy atom. The predicted octanol–water partition coefficient (Wildman–Crippen LogP) is 2.48. The number of nitrogen functional groups attached to an aromatic ring is 1. The number of amides is 1. The van der Waals surface area contributed by atoms with Crippen molar-refractivity contribution in [3.63, 3.8) is 0 Å². The van der Waals surface area contributed by atoms with E-state index in [2.05, 4.69) is 28.0 Å². The molecule has 110 valence electrons. The number of hydrogen-bond acceptors (Lipinski definition) is 3. The molecule has 0 radical (unpaired) electrons. The first-order valence-corrected chi connectivity index (χ1v) is 7.68. The molecule has 0 fully saturated rings. The van der Waals surface area contributed by atoms with E-state index in [4.69, 9.17) is 5.73 Å². The maximum absolute atomic E-state index is 12.5. The van der Waals surface area contributed by atoms with Gasteiger partial charge in [0.05, 0.1) is 22.4 Å². The number of carbonyl (C=O) groups is 1. The molecule has 1 aromatic carbocycles. The second-order valence-corrected chi connectivity index (χ2v) is 6.06. The van der Waals surface area contributed by atoms with E-state index >= 15 is 0 Å². The van der Waals surface area contributed by atoms with Crippen LogP contribution >= 0.6 is 15.9 Å². The molecular weight excluding hydrogens is 332 g/mol. The van der Waals surface area contributed by atoms with Gasteiger partial charge in [-0.3, -0.25) is 9.48 Å². The van der Waals surface area contributed by atoms with Gasteiger partial charge in [-0.15, -0.1) is 0 Å². The van der Waals surface area contributed by atoms with Gasteiger partial charge >= 0.3 is 0 Å². The first kappa shape index (κ1) is 14.1. The fourth-order valence-electron chi connectivity index (χ4n) is 2.68. The molecule has 2 N–H and O–H groups in total. The highest BCUT2D eigenvalue weighted by atomic mass is 79.9. The van der Waals surface area contributed by atoms with Crippen LogP contribution in [-0.4, -0.2) is 20.6 Å². The molecule has 0 atom stereocenters. The number of aromatic nitrogens is 2. The molecule has 0 saturated carbocycles. The highest BCUT2D eigenvalue weighted by Gasteiger charge is 2.29. The molecule has 21 heavy (non-hydrogen) atoms. The third kappa shape index (κ3) is 2.33. The van der Waals surface area contributed by atoms with Gasteiger partial charge in [0.25, 0.3) is 5.91 Å². The summed E-state index contributed by atoms with van der Waals surface area (Å²) in [4.78, 5) is 14.3. The summed E-state index contributed by atoms with van der Waals surface area (Å²) in [5, 5.41) is 4.47. The number of carbonyl (C=O) groups excluding carboxylic acids is 1. The van der Waals surface area contributed by atoms with Crippen molar-refractivity contribution in [3.8, 4) is 0 Å². The van der Waals surface area contributed by atoms with Crippen molar-refractivity contribution < 1.29 is 4.79 Å². The summed E-state index contributed by atoms with van der Waals surface area (Å²) in [6.07, 6.45) is 0.860. The minimum absolute atomic E-state index is 0.0310. The number of fused-ring (bicyclic) bond motifs is 1. The van der Waals surface area contributed by atoms with E-state index in [1.54, 1.807) is 6.07 Å². The fourth-order valence-corrected chi connectivity index (χ4v) is 3.42. The third-order valence-corrected chi connectivity index (χ3v) is 4.77. The van der Waals surface area contributed by atoms with Crippen molar-refractivity contribution in [1.29, 1.82) is 0 Å². The predicted molar refractivity (Wildman–Crippen MR) is 84.7 cm³/mol. The number of halogens is 1. The van der Waals surface area contributed by atoms with Crippen molar-refractivity contribution >= 4 is 27.5 Å². The molecule has 0 unspecified atom stereocenters. The number of anilines is 1. The van der Waals surface area contributed by atoms with Crippen LogP contribution in [-0.2, 0) is 26.6 Å². The summed E-state index contributed by atoms with van der Waals surface area (Å²) in [6, 6.07) is 5.52. The van der Waals surface area contributed by atoms with Crippen molar-refractivity contribution in [3.05, 3.63) is 45.2 Å². The quantitative estimate of drug-likeness (QED) is 0.866. The topological polar surface area (TPSA) is 64.2 Å². The van der Waals surface area contributed by atoms with Gasteiger partial charge in [-0.2, -0.15) is 5.10 Å². The molecule has 0 spiro atoms. The van der Waals surface area contributed by atoms with Crippen LogP contribution in [0.3, 0.4) is 0 Å². The standard InChI is InChI=1S/C15H17BrN4O/c1-3-12-14(16)13(19(2)18-12)8-20-7-9-4-5-10(17)6-11(9)15(20)21/h4-6H,3,7-8,17H2,1-2H3. The SMILES string of the molecule is CCc1nn(C)c(CN2Cc3ccc(N)cc3C2=O)c1Br. The smallest absolute Gasteiger partial charge is 0.254 e. The molecule has 0 saturated heterocycles. The van der Waals surface area contributed by atoms with Gasteiger partial charge in [0.15, 0.2) is 0 Å². The molecule has 6 heteroatoms. The van der Waals surface area contributed by atoms with Crippen LogP contribution < -0.4 is 5.73 Å². The van der Waals surface area contributed by atoms with Crippen LogP contribution in [0.15, 0.2) is 22.7 Å². The molecule has 1 aromatic heterocycles. The van der Waals surface area contributed by atoms with Gasteiger partial charge in [0, 0.05) is 24.8 Å². The fraction of sp³-hybridized carbons (Fsp3) is 0.333. The molecule has 1 aliphatic heterocycles. The van der Waals surface area contributed by atoms with E-state index in [0.717, 1.165) is 27.8 Å². The van der Waals surface area contributed by atoms with Crippen molar-refractivity contribution in [2.75, 3.05) is 5.73 Å². The van der Waals surface area contributed by atoms with Crippen LogP contribution in [0.2, 0.25) is 0 Å². The summed E-state index contributed by atoms with van der Waals surface area (Å²) >= 11 is 3.59. The lowest BCUT2D eigenvalue weighted by atomic mass is 10.1. The Morgan fingerprint density at radius 1 is 1.43 bits per heavy atom. The zero-order valence-electron chi connectivity index (χ0n) is 12.1. The Morgan fingerprint density at radius 3 is 2.86 bits per heavy atom. The number of nitrogens with two attached hydrogens (primary N) is 1. The summed E-state index contributed by atoms with van der Waals surface area (Å²) in [5.41, 5.74) is 10.2. The minimum Gasteiger partial charge on any atom is -0.399 e. The van der Waals surface area contributed by atoms with Crippen molar-refractivity contribution in [2.45, 2.75) is 26.4 Å². The van der Waals surface area contributed by atoms with Crippen LogP contribution in [0.5, 0.6) is 0 Å². The highest BCUT2D eigenvalue weighted by molar-refractivity contribution is 9.10. The Hall–Kier alpha value is -1.82. The number of rotatable bonds is 3. The average molecular weight is 349 g/mol. The minimum atomic E-state index is 0.0310. The van der Waals surface area contributed by atoms with Crippen LogP contribution in [0, 0.1) is 0 Å². The lowest BCUT2D eigenvalue weighted by Crippen LogP contribution is -2.24. The highest BCUT2D eigenvalue weighted by Crippen LogP contribution is 2.29. The summed E-state index contributed by atoms with van der Waals surface area (Å²) in [5.74, 6) is 0.0310. The number of nitrogens with zero attached hydrogens (tertiary/aromatic N) is 3. The average Bonchev–Trinajstić information content (AvgIpc) is 2.91. The van der Waals surface area contributed by atoms with Gasteiger partial charge in [-0.05, 0) is 40.0 Å². The number of hydrogen-bond donors (Lipinski definition) is 1. The normalized spacial score (nSPS) is 13.9. The zero-order chi connectivity index (χ0) is 15.1.